The first-order valence-corrected chi connectivity index (χ1v) is 7.32. The molecule has 2 heterocycles. The maximum absolute atomic E-state index is 11.7. The van der Waals surface area contributed by atoms with Crippen LogP contribution in [0.4, 0.5) is 5.82 Å². The molecule has 0 radical (unpaired) electrons. The zero-order valence-corrected chi connectivity index (χ0v) is 12.5. The minimum atomic E-state index is -0.0940. The van der Waals surface area contributed by atoms with Gasteiger partial charge in [-0.3, -0.25) is 4.79 Å². The second kappa shape index (κ2) is 5.98. The van der Waals surface area contributed by atoms with Crippen LogP contribution in [0, 0.1) is 18.3 Å². The standard InChI is InChI=1S/C16H17N5O/c1-12-16(19-14-5-3-2-4-13(14)18-12)21-10-8-20(9-11-21)15(22)6-7-17/h2-5H,6,8-11H2,1H3. The molecular formula is C16H17N5O. The maximum Gasteiger partial charge on any atom is 0.236 e. The third-order valence-corrected chi connectivity index (χ3v) is 3.88. The fourth-order valence-electron chi connectivity index (χ4n) is 2.73. The average molecular weight is 295 g/mol. The number of rotatable bonds is 2. The monoisotopic (exact) mass is 295 g/mol. The summed E-state index contributed by atoms with van der Waals surface area (Å²) in [6, 6.07) is 9.73. The quantitative estimate of drug-likeness (QED) is 0.839. The Morgan fingerprint density at radius 1 is 1.18 bits per heavy atom. The van der Waals surface area contributed by atoms with Crippen LogP contribution in [0.1, 0.15) is 12.1 Å². The lowest BCUT2D eigenvalue weighted by molar-refractivity contribution is -0.130. The molecule has 0 unspecified atom stereocenters. The van der Waals surface area contributed by atoms with E-state index in [1.54, 1.807) is 4.90 Å². The Kier molecular flexibility index (Phi) is 3.88. The van der Waals surface area contributed by atoms with Crippen LogP contribution in [0.3, 0.4) is 0 Å². The van der Waals surface area contributed by atoms with Gasteiger partial charge in [0.05, 0.1) is 22.8 Å². The smallest absolute Gasteiger partial charge is 0.236 e. The molecule has 1 aliphatic rings. The Bertz CT molecular complexity index is 744. The Balaban J connectivity index is 1.78. The number of fused-ring (bicyclic) bond motifs is 1. The molecule has 1 saturated heterocycles. The van der Waals surface area contributed by atoms with Gasteiger partial charge in [-0.05, 0) is 19.1 Å². The maximum atomic E-state index is 11.7. The Labute approximate surface area is 129 Å². The third kappa shape index (κ3) is 2.70. The second-order valence-corrected chi connectivity index (χ2v) is 5.32. The second-order valence-electron chi connectivity index (χ2n) is 5.32. The number of piperazine rings is 1. The van der Waals surface area contributed by atoms with Gasteiger partial charge in [0.2, 0.25) is 5.91 Å². The largest absolute Gasteiger partial charge is 0.352 e. The van der Waals surface area contributed by atoms with Crippen LogP contribution in [0.15, 0.2) is 24.3 Å². The molecule has 6 heteroatoms. The molecule has 0 saturated carbocycles. The Morgan fingerprint density at radius 3 is 2.45 bits per heavy atom. The van der Waals surface area contributed by atoms with Crippen molar-refractivity contribution in [3.05, 3.63) is 30.0 Å². The summed E-state index contributed by atoms with van der Waals surface area (Å²) >= 11 is 0. The van der Waals surface area contributed by atoms with Crippen LogP contribution in [0.2, 0.25) is 0 Å². The van der Waals surface area contributed by atoms with Crippen LogP contribution in [-0.2, 0) is 4.79 Å². The van der Waals surface area contributed by atoms with Gasteiger partial charge >= 0.3 is 0 Å². The van der Waals surface area contributed by atoms with E-state index >= 15 is 0 Å². The van der Waals surface area contributed by atoms with E-state index in [1.807, 2.05) is 37.3 Å². The highest BCUT2D eigenvalue weighted by Crippen LogP contribution is 2.21. The van der Waals surface area contributed by atoms with Crippen LogP contribution in [0.5, 0.6) is 0 Å². The molecule has 112 valence electrons. The molecule has 1 aliphatic heterocycles. The topological polar surface area (TPSA) is 73.1 Å². The fourth-order valence-corrected chi connectivity index (χ4v) is 2.73. The summed E-state index contributed by atoms with van der Waals surface area (Å²) in [5.41, 5.74) is 2.67. The minimum absolute atomic E-state index is 0.0468. The number of hydrogen-bond donors (Lipinski definition) is 0. The molecular weight excluding hydrogens is 278 g/mol. The predicted octanol–water partition coefficient (Wildman–Crippen LogP) is 1.50. The molecule has 0 spiro atoms. The molecule has 0 atom stereocenters. The van der Waals surface area contributed by atoms with E-state index in [-0.39, 0.29) is 12.3 Å². The van der Waals surface area contributed by atoms with Crippen LogP contribution < -0.4 is 4.90 Å². The van der Waals surface area contributed by atoms with Crippen molar-refractivity contribution >= 4 is 22.8 Å². The van der Waals surface area contributed by atoms with Gasteiger partial charge < -0.3 is 9.80 Å². The van der Waals surface area contributed by atoms with Crippen molar-refractivity contribution in [3.63, 3.8) is 0 Å². The van der Waals surface area contributed by atoms with Gasteiger partial charge in [-0.25, -0.2) is 9.97 Å². The summed E-state index contributed by atoms with van der Waals surface area (Å²) in [6.45, 7) is 4.63. The van der Waals surface area contributed by atoms with E-state index in [1.165, 1.54) is 0 Å². The number of carbonyl (C=O) groups excluding carboxylic acids is 1. The van der Waals surface area contributed by atoms with Gasteiger partial charge in [-0.1, -0.05) is 12.1 Å². The summed E-state index contributed by atoms with van der Waals surface area (Å²) in [6.07, 6.45) is -0.0468. The van der Waals surface area contributed by atoms with E-state index < -0.39 is 0 Å². The summed E-state index contributed by atoms with van der Waals surface area (Å²) in [5, 5.41) is 8.61. The Hall–Kier alpha value is -2.68. The van der Waals surface area contributed by atoms with Crippen molar-refractivity contribution in [1.29, 1.82) is 5.26 Å². The normalized spacial score (nSPS) is 14.9. The van der Waals surface area contributed by atoms with E-state index in [9.17, 15) is 4.79 Å². The zero-order chi connectivity index (χ0) is 15.5. The number of benzene rings is 1. The first kappa shape index (κ1) is 14.3. The third-order valence-electron chi connectivity index (χ3n) is 3.88. The summed E-state index contributed by atoms with van der Waals surface area (Å²) in [5.74, 6) is 0.787. The molecule has 2 aromatic rings. The summed E-state index contributed by atoms with van der Waals surface area (Å²) in [4.78, 5) is 25.0. The van der Waals surface area contributed by atoms with Gasteiger partial charge in [-0.15, -0.1) is 0 Å². The van der Waals surface area contributed by atoms with Crippen LogP contribution in [0.25, 0.3) is 11.0 Å². The highest BCUT2D eigenvalue weighted by atomic mass is 16.2. The van der Waals surface area contributed by atoms with Crippen molar-refractivity contribution in [2.24, 2.45) is 0 Å². The molecule has 0 aliphatic carbocycles. The lowest BCUT2D eigenvalue weighted by Crippen LogP contribution is -2.49. The molecule has 0 bridgehead atoms. The van der Waals surface area contributed by atoms with Crippen molar-refractivity contribution in [1.82, 2.24) is 14.9 Å². The van der Waals surface area contributed by atoms with Crippen molar-refractivity contribution < 1.29 is 4.79 Å². The first-order chi connectivity index (χ1) is 10.7. The molecule has 1 amide bonds. The molecule has 1 aromatic carbocycles. The lowest BCUT2D eigenvalue weighted by atomic mass is 10.2. The number of anilines is 1. The van der Waals surface area contributed by atoms with E-state index in [4.69, 9.17) is 10.2 Å². The van der Waals surface area contributed by atoms with Crippen molar-refractivity contribution in [2.75, 3.05) is 31.1 Å². The summed E-state index contributed by atoms with van der Waals surface area (Å²) < 4.78 is 0. The first-order valence-electron chi connectivity index (χ1n) is 7.32. The van der Waals surface area contributed by atoms with Gasteiger partial charge in [-0.2, -0.15) is 5.26 Å². The molecule has 3 rings (SSSR count). The van der Waals surface area contributed by atoms with Gasteiger partial charge in [0.25, 0.3) is 0 Å². The number of amides is 1. The van der Waals surface area contributed by atoms with E-state index in [0.717, 1.165) is 22.5 Å². The fraction of sp³-hybridized carbons (Fsp3) is 0.375. The number of nitriles is 1. The number of aromatic nitrogens is 2. The summed E-state index contributed by atoms with van der Waals surface area (Å²) in [7, 11) is 0. The molecule has 0 N–H and O–H groups in total. The number of carbonyl (C=O) groups is 1. The zero-order valence-electron chi connectivity index (χ0n) is 12.5. The van der Waals surface area contributed by atoms with E-state index in [2.05, 4.69) is 9.88 Å². The molecule has 6 nitrogen and oxygen atoms in total. The predicted molar refractivity (Wildman–Crippen MR) is 83.3 cm³/mol. The SMILES string of the molecule is Cc1nc2ccccc2nc1N1CCN(C(=O)CC#N)CC1. The van der Waals surface area contributed by atoms with Gasteiger partial charge in [0.1, 0.15) is 6.42 Å². The number of nitrogens with zero attached hydrogens (tertiary/aromatic N) is 5. The Morgan fingerprint density at radius 2 is 1.82 bits per heavy atom. The highest BCUT2D eigenvalue weighted by Gasteiger charge is 2.23. The van der Waals surface area contributed by atoms with Crippen molar-refractivity contribution in [2.45, 2.75) is 13.3 Å². The minimum Gasteiger partial charge on any atom is -0.352 e. The average Bonchev–Trinajstić information content (AvgIpc) is 2.54. The van der Waals surface area contributed by atoms with Crippen molar-refractivity contribution in [3.8, 4) is 6.07 Å². The number of aryl methyl sites for hydroxylation is 1. The molecule has 1 aromatic heterocycles. The van der Waals surface area contributed by atoms with Gasteiger partial charge in [0.15, 0.2) is 5.82 Å². The van der Waals surface area contributed by atoms with Gasteiger partial charge in [0, 0.05) is 26.2 Å². The number of para-hydroxylation sites is 2. The lowest BCUT2D eigenvalue weighted by Gasteiger charge is -2.35. The number of hydrogen-bond acceptors (Lipinski definition) is 5. The highest BCUT2D eigenvalue weighted by molar-refractivity contribution is 5.79. The molecule has 1 fully saturated rings. The van der Waals surface area contributed by atoms with Crippen LogP contribution >= 0.6 is 0 Å². The molecule has 22 heavy (non-hydrogen) atoms. The van der Waals surface area contributed by atoms with Crippen LogP contribution in [-0.4, -0.2) is 47.0 Å². The van der Waals surface area contributed by atoms with E-state index in [0.29, 0.717) is 26.2 Å².